The molecule has 0 amide bonds. The maximum atomic E-state index is 12.6. The number of hydrogen-bond donors (Lipinski definition) is 1. The fraction of sp³-hybridized carbons (Fsp3) is 0.647. The molecule has 1 saturated heterocycles. The Labute approximate surface area is 165 Å². The molecular formula is C17H21F3N2O6S. The number of hydrogen-bond acceptors (Lipinski definition) is 6. The maximum Gasteiger partial charge on any atom is 0.490 e. The summed E-state index contributed by atoms with van der Waals surface area (Å²) in [5, 5.41) is 6.96. The van der Waals surface area contributed by atoms with E-state index in [1.165, 1.54) is 0 Å². The van der Waals surface area contributed by atoms with E-state index in [1.54, 1.807) is 10.5 Å². The van der Waals surface area contributed by atoms with E-state index >= 15 is 0 Å². The molecule has 2 saturated carbocycles. The monoisotopic (exact) mass is 438 g/mol. The van der Waals surface area contributed by atoms with Crippen molar-refractivity contribution >= 4 is 16.0 Å². The Bertz CT molecular complexity index is 816. The van der Waals surface area contributed by atoms with Gasteiger partial charge in [-0.25, -0.2) is 18.2 Å². The number of morpholine rings is 1. The van der Waals surface area contributed by atoms with E-state index < -0.39 is 22.2 Å². The Kier molecular flexibility index (Phi) is 6.34. The van der Waals surface area contributed by atoms with E-state index in [-0.39, 0.29) is 23.5 Å². The first-order valence-corrected chi connectivity index (χ1v) is 10.6. The number of rotatable bonds is 4. The largest absolute Gasteiger partial charge is 0.490 e. The van der Waals surface area contributed by atoms with Crippen LogP contribution in [-0.4, -0.2) is 71.6 Å². The topological polar surface area (TPSA) is 106 Å². The zero-order chi connectivity index (χ0) is 21.2. The quantitative estimate of drug-likeness (QED) is 0.764. The lowest BCUT2D eigenvalue weighted by Crippen LogP contribution is -2.55. The van der Waals surface area contributed by atoms with Crippen molar-refractivity contribution in [2.45, 2.75) is 55.4 Å². The molecule has 3 aliphatic rings. The summed E-state index contributed by atoms with van der Waals surface area (Å²) in [6.07, 6.45) is -0.540. The van der Waals surface area contributed by atoms with E-state index in [4.69, 9.17) is 19.4 Å². The minimum atomic E-state index is -5.08. The molecule has 1 N–H and O–H groups in total. The zero-order valence-corrected chi connectivity index (χ0v) is 16.1. The molecular weight excluding hydrogens is 417 g/mol. The summed E-state index contributed by atoms with van der Waals surface area (Å²) in [6.45, 7) is 0.908. The van der Waals surface area contributed by atoms with Crippen molar-refractivity contribution in [1.29, 1.82) is 0 Å². The molecule has 8 nitrogen and oxygen atoms in total. The first-order valence-electron chi connectivity index (χ1n) is 9.11. The van der Waals surface area contributed by atoms with E-state index in [0.717, 1.165) is 25.7 Å². The number of fused-ring (bicyclic) bond motifs is 1. The fourth-order valence-corrected chi connectivity index (χ4v) is 5.50. The van der Waals surface area contributed by atoms with Gasteiger partial charge in [0.2, 0.25) is 15.9 Å². The van der Waals surface area contributed by atoms with Crippen LogP contribution in [0.3, 0.4) is 0 Å². The molecule has 0 unspecified atom stereocenters. The van der Waals surface area contributed by atoms with Crippen molar-refractivity contribution in [1.82, 2.24) is 9.29 Å². The Balaban J connectivity index is 0.000000298. The lowest BCUT2D eigenvalue weighted by Gasteiger charge is -2.38. The molecule has 1 aliphatic heterocycles. The highest BCUT2D eigenvalue weighted by Crippen LogP contribution is 2.38. The number of pyridine rings is 1. The Morgan fingerprint density at radius 2 is 1.93 bits per heavy atom. The van der Waals surface area contributed by atoms with Gasteiger partial charge >= 0.3 is 12.1 Å². The summed E-state index contributed by atoms with van der Waals surface area (Å²) in [5.41, 5.74) is 0. The predicted octanol–water partition coefficient (Wildman–Crippen LogP) is 1.82. The number of carboxylic acid groups (broad SMARTS) is 1. The van der Waals surface area contributed by atoms with Gasteiger partial charge < -0.3 is 14.6 Å². The van der Waals surface area contributed by atoms with Crippen molar-refractivity contribution < 1.29 is 41.0 Å². The molecule has 3 atom stereocenters. The Morgan fingerprint density at radius 3 is 2.48 bits per heavy atom. The van der Waals surface area contributed by atoms with Crippen LogP contribution in [0.25, 0.3) is 0 Å². The van der Waals surface area contributed by atoms with Crippen molar-refractivity contribution in [2.75, 3.05) is 13.2 Å². The Morgan fingerprint density at radius 1 is 1.24 bits per heavy atom. The molecule has 0 radical (unpaired) electrons. The highest BCUT2D eigenvalue weighted by molar-refractivity contribution is 7.90. The predicted molar refractivity (Wildman–Crippen MR) is 93.8 cm³/mol. The maximum absolute atomic E-state index is 12.6. The average Bonchev–Trinajstić information content (AvgIpc) is 3.45. The summed E-state index contributed by atoms with van der Waals surface area (Å²) in [6, 6.07) is 5.44. The van der Waals surface area contributed by atoms with E-state index in [1.807, 2.05) is 18.2 Å². The molecule has 12 heteroatoms. The van der Waals surface area contributed by atoms with Crippen LogP contribution in [0.15, 0.2) is 24.4 Å². The van der Waals surface area contributed by atoms with Crippen LogP contribution in [0.5, 0.6) is 5.88 Å². The molecule has 0 aromatic carbocycles. The normalized spacial score (nSPS) is 27.5. The molecule has 1 aromatic heterocycles. The molecule has 162 valence electrons. The summed E-state index contributed by atoms with van der Waals surface area (Å²) >= 11 is 0. The van der Waals surface area contributed by atoms with Crippen LogP contribution in [0.4, 0.5) is 13.2 Å². The molecule has 0 bridgehead atoms. The highest BCUT2D eigenvalue weighted by atomic mass is 32.2. The summed E-state index contributed by atoms with van der Waals surface area (Å²) in [7, 11) is -3.16. The van der Waals surface area contributed by atoms with Crippen LogP contribution in [0.2, 0.25) is 0 Å². The van der Waals surface area contributed by atoms with Gasteiger partial charge in [-0.3, -0.25) is 0 Å². The van der Waals surface area contributed by atoms with Gasteiger partial charge in [0.05, 0.1) is 17.9 Å². The second-order valence-corrected chi connectivity index (χ2v) is 9.13. The standard InChI is InChI=1S/C15H20N2O4S.C2HF3O2/c18-22(19,11-4-5-11)17-9-10-20-15-12(17)6-7-13(15)21-14-3-1-2-8-16-14;3-2(4,5)1(6)7/h1-3,8,11-13,15H,4-7,9-10H2;(H,6,7)/t12-,13+,15+;/m0./s1. The van der Waals surface area contributed by atoms with E-state index in [0.29, 0.717) is 19.0 Å². The Hall–Kier alpha value is -1.92. The summed E-state index contributed by atoms with van der Waals surface area (Å²) < 4.78 is 70.3. The fourth-order valence-electron chi connectivity index (χ4n) is 3.45. The van der Waals surface area contributed by atoms with Crippen molar-refractivity contribution in [3.63, 3.8) is 0 Å². The SMILES string of the molecule is O=C(O)C(F)(F)F.O=S(=O)(C1CC1)N1CCO[C@H]2[C@H](Oc3ccccn3)CC[C@@H]21. The molecule has 2 heterocycles. The summed E-state index contributed by atoms with van der Waals surface area (Å²) in [5.74, 6) is -2.19. The summed E-state index contributed by atoms with van der Waals surface area (Å²) in [4.78, 5) is 13.1. The van der Waals surface area contributed by atoms with Gasteiger partial charge in [0.15, 0.2) is 0 Å². The van der Waals surface area contributed by atoms with Crippen LogP contribution < -0.4 is 4.74 Å². The second kappa shape index (κ2) is 8.44. The zero-order valence-electron chi connectivity index (χ0n) is 15.3. The number of alkyl halides is 3. The van der Waals surface area contributed by atoms with Crippen molar-refractivity contribution in [2.24, 2.45) is 0 Å². The number of nitrogens with zero attached hydrogens (tertiary/aromatic N) is 2. The number of aliphatic carboxylic acids is 1. The molecule has 3 fully saturated rings. The second-order valence-electron chi connectivity index (χ2n) is 6.96. The van der Waals surface area contributed by atoms with Crippen molar-refractivity contribution in [3.05, 3.63) is 24.4 Å². The van der Waals surface area contributed by atoms with Gasteiger partial charge in [-0.1, -0.05) is 6.07 Å². The third kappa shape index (κ3) is 5.17. The third-order valence-electron chi connectivity index (χ3n) is 4.91. The highest BCUT2D eigenvalue weighted by Gasteiger charge is 2.51. The number of halogens is 3. The first-order chi connectivity index (χ1) is 13.6. The van der Waals surface area contributed by atoms with Crippen molar-refractivity contribution in [3.8, 4) is 5.88 Å². The lowest BCUT2D eigenvalue weighted by molar-refractivity contribution is -0.192. The van der Waals surface area contributed by atoms with Gasteiger partial charge in [0.1, 0.15) is 12.2 Å². The van der Waals surface area contributed by atoms with Gasteiger partial charge in [-0.15, -0.1) is 0 Å². The molecule has 4 rings (SSSR count). The smallest absolute Gasteiger partial charge is 0.475 e. The third-order valence-corrected chi connectivity index (χ3v) is 7.33. The van der Waals surface area contributed by atoms with Crippen LogP contribution in [0, 0.1) is 0 Å². The number of carbonyl (C=O) groups is 1. The molecule has 2 aliphatic carbocycles. The molecule has 29 heavy (non-hydrogen) atoms. The number of aromatic nitrogens is 1. The minimum absolute atomic E-state index is 0.0898. The van der Waals surface area contributed by atoms with Crippen LogP contribution >= 0.6 is 0 Å². The van der Waals surface area contributed by atoms with Crippen LogP contribution in [0.1, 0.15) is 25.7 Å². The average molecular weight is 438 g/mol. The minimum Gasteiger partial charge on any atom is -0.475 e. The van der Waals surface area contributed by atoms with Gasteiger partial charge in [0.25, 0.3) is 0 Å². The van der Waals surface area contributed by atoms with E-state index in [2.05, 4.69) is 4.98 Å². The van der Waals surface area contributed by atoms with Crippen LogP contribution in [-0.2, 0) is 19.6 Å². The molecule has 1 aromatic rings. The van der Waals surface area contributed by atoms with Gasteiger partial charge in [-0.2, -0.15) is 17.5 Å². The van der Waals surface area contributed by atoms with E-state index in [9.17, 15) is 21.6 Å². The number of sulfonamides is 1. The number of ether oxygens (including phenoxy) is 2. The first kappa shape index (κ1) is 21.8. The number of carboxylic acids is 1. The lowest BCUT2D eigenvalue weighted by atomic mass is 10.1. The molecule has 0 spiro atoms. The van der Waals surface area contributed by atoms with Gasteiger partial charge in [-0.05, 0) is 31.7 Å². The van der Waals surface area contributed by atoms with Gasteiger partial charge in [0, 0.05) is 18.8 Å².